The van der Waals surface area contributed by atoms with Gasteiger partial charge in [-0.25, -0.2) is 9.97 Å². The van der Waals surface area contributed by atoms with E-state index in [1.165, 1.54) is 133 Å². The average Bonchev–Trinajstić information content (AvgIpc) is 2.93. The van der Waals surface area contributed by atoms with E-state index in [-0.39, 0.29) is 0 Å². The molecule has 36 heavy (non-hydrogen) atoms. The maximum absolute atomic E-state index is 4.70. The Hall–Kier alpha value is -1.70. The first-order valence-electron chi connectivity index (χ1n) is 15.7. The van der Waals surface area contributed by atoms with Crippen LogP contribution in [-0.4, -0.2) is 9.97 Å². The van der Waals surface area contributed by atoms with Crippen LogP contribution in [0.3, 0.4) is 0 Å². The number of benzene rings is 1. The topological polar surface area (TPSA) is 25.8 Å². The molecule has 0 radical (unpaired) electrons. The third-order valence-corrected chi connectivity index (χ3v) is 8.51. The van der Waals surface area contributed by atoms with Gasteiger partial charge in [-0.15, -0.1) is 0 Å². The van der Waals surface area contributed by atoms with Crippen molar-refractivity contribution in [3.8, 4) is 11.4 Å². The number of aryl methyl sites for hydroxylation is 2. The minimum absolute atomic E-state index is 0.860. The maximum atomic E-state index is 4.70. The van der Waals surface area contributed by atoms with Crippen molar-refractivity contribution in [3.05, 3.63) is 47.8 Å². The molecule has 1 aromatic heterocycles. The molecule has 2 heteroatoms. The van der Waals surface area contributed by atoms with Crippen LogP contribution < -0.4 is 0 Å². The Bertz CT molecular complexity index is 787. The number of unbranched alkanes of at least 4 members (excludes halogenated alkanes) is 10. The lowest BCUT2D eigenvalue weighted by Crippen LogP contribution is -2.15. The second-order valence-corrected chi connectivity index (χ2v) is 11.6. The van der Waals surface area contributed by atoms with Gasteiger partial charge in [-0.2, -0.15) is 0 Å². The van der Waals surface area contributed by atoms with Gasteiger partial charge in [-0.1, -0.05) is 141 Å². The second kappa shape index (κ2) is 17.7. The first-order chi connectivity index (χ1) is 17.8. The molecule has 3 rings (SSSR count). The molecule has 0 amide bonds. The average molecular weight is 491 g/mol. The SMILES string of the molecule is CCCCCCCCCC1CCC(CCc2cnc(-c3ccc(CCCCCCC)cc3)nc2)CC1. The van der Waals surface area contributed by atoms with Gasteiger partial charge in [0.25, 0.3) is 0 Å². The summed E-state index contributed by atoms with van der Waals surface area (Å²) in [6.07, 6.45) is 31.8. The largest absolute Gasteiger partial charge is 0.236 e. The van der Waals surface area contributed by atoms with E-state index in [1.807, 2.05) is 0 Å². The Kier molecular flexibility index (Phi) is 14.2. The van der Waals surface area contributed by atoms with Gasteiger partial charge in [0.2, 0.25) is 0 Å². The van der Waals surface area contributed by atoms with Crippen LogP contribution in [0.4, 0.5) is 0 Å². The fourth-order valence-corrected chi connectivity index (χ4v) is 5.96. The fraction of sp³-hybridized carbons (Fsp3) is 0.706. The fourth-order valence-electron chi connectivity index (χ4n) is 5.96. The minimum atomic E-state index is 0.860. The van der Waals surface area contributed by atoms with Gasteiger partial charge in [-0.3, -0.25) is 0 Å². The molecule has 200 valence electrons. The molecule has 1 fully saturated rings. The van der Waals surface area contributed by atoms with Gasteiger partial charge in [0, 0.05) is 18.0 Å². The van der Waals surface area contributed by atoms with Crippen LogP contribution in [0.1, 0.15) is 141 Å². The highest BCUT2D eigenvalue weighted by atomic mass is 14.9. The Morgan fingerprint density at radius 2 is 1.08 bits per heavy atom. The molecule has 1 aliphatic carbocycles. The maximum Gasteiger partial charge on any atom is 0.159 e. The van der Waals surface area contributed by atoms with E-state index in [4.69, 9.17) is 9.97 Å². The molecule has 1 aromatic carbocycles. The van der Waals surface area contributed by atoms with Gasteiger partial charge in [0.05, 0.1) is 0 Å². The summed E-state index contributed by atoms with van der Waals surface area (Å²) in [4.78, 5) is 9.41. The number of rotatable bonds is 18. The quantitative estimate of drug-likeness (QED) is 0.194. The van der Waals surface area contributed by atoms with Crippen molar-refractivity contribution in [2.75, 3.05) is 0 Å². The molecule has 0 saturated heterocycles. The highest BCUT2D eigenvalue weighted by Crippen LogP contribution is 2.34. The molecular weight excluding hydrogens is 436 g/mol. The number of hydrogen-bond acceptors (Lipinski definition) is 2. The smallest absolute Gasteiger partial charge is 0.159 e. The first kappa shape index (κ1) is 28.9. The predicted octanol–water partition coefficient (Wildman–Crippen LogP) is 10.5. The van der Waals surface area contributed by atoms with Crippen molar-refractivity contribution in [2.24, 2.45) is 11.8 Å². The first-order valence-corrected chi connectivity index (χ1v) is 15.7. The lowest BCUT2D eigenvalue weighted by atomic mass is 9.78. The van der Waals surface area contributed by atoms with Crippen molar-refractivity contribution in [3.63, 3.8) is 0 Å². The van der Waals surface area contributed by atoms with Crippen molar-refractivity contribution in [1.29, 1.82) is 0 Å². The van der Waals surface area contributed by atoms with Crippen LogP contribution in [0, 0.1) is 11.8 Å². The summed E-state index contributed by atoms with van der Waals surface area (Å²) >= 11 is 0. The van der Waals surface area contributed by atoms with Crippen LogP contribution in [0.5, 0.6) is 0 Å². The van der Waals surface area contributed by atoms with E-state index in [0.717, 1.165) is 29.6 Å². The molecule has 0 N–H and O–H groups in total. The number of aromatic nitrogens is 2. The van der Waals surface area contributed by atoms with Gasteiger partial charge in [-0.05, 0) is 48.6 Å². The summed E-state index contributed by atoms with van der Waals surface area (Å²) in [6, 6.07) is 8.91. The summed E-state index contributed by atoms with van der Waals surface area (Å²) in [7, 11) is 0. The highest BCUT2D eigenvalue weighted by Gasteiger charge is 2.20. The Balaban J connectivity index is 1.29. The number of hydrogen-bond donors (Lipinski definition) is 0. The van der Waals surface area contributed by atoms with Crippen molar-refractivity contribution in [2.45, 2.75) is 142 Å². The van der Waals surface area contributed by atoms with Crippen molar-refractivity contribution >= 4 is 0 Å². The monoisotopic (exact) mass is 490 g/mol. The van der Waals surface area contributed by atoms with Crippen LogP contribution in [0.25, 0.3) is 11.4 Å². The van der Waals surface area contributed by atoms with Crippen LogP contribution in [-0.2, 0) is 12.8 Å². The van der Waals surface area contributed by atoms with E-state index < -0.39 is 0 Å². The molecule has 1 saturated carbocycles. The lowest BCUT2D eigenvalue weighted by molar-refractivity contribution is 0.248. The molecule has 0 unspecified atom stereocenters. The van der Waals surface area contributed by atoms with E-state index >= 15 is 0 Å². The summed E-state index contributed by atoms with van der Waals surface area (Å²) < 4.78 is 0. The summed E-state index contributed by atoms with van der Waals surface area (Å²) in [5.74, 6) is 2.77. The van der Waals surface area contributed by atoms with E-state index in [2.05, 4.69) is 50.5 Å². The molecule has 2 aromatic rings. The van der Waals surface area contributed by atoms with Gasteiger partial charge >= 0.3 is 0 Å². The summed E-state index contributed by atoms with van der Waals surface area (Å²) in [6.45, 7) is 4.58. The highest BCUT2D eigenvalue weighted by molar-refractivity contribution is 5.55. The predicted molar refractivity (Wildman–Crippen MR) is 156 cm³/mol. The minimum Gasteiger partial charge on any atom is -0.236 e. The van der Waals surface area contributed by atoms with Crippen molar-refractivity contribution in [1.82, 2.24) is 9.97 Å². The van der Waals surface area contributed by atoms with Gasteiger partial charge in [0.15, 0.2) is 5.82 Å². The third-order valence-electron chi connectivity index (χ3n) is 8.51. The van der Waals surface area contributed by atoms with Crippen molar-refractivity contribution < 1.29 is 0 Å². The molecule has 1 aliphatic rings. The zero-order valence-corrected chi connectivity index (χ0v) is 23.7. The molecule has 0 aliphatic heterocycles. The molecule has 0 spiro atoms. The van der Waals surface area contributed by atoms with E-state index in [9.17, 15) is 0 Å². The molecular formula is C34H54N2. The molecule has 2 nitrogen and oxygen atoms in total. The zero-order chi connectivity index (χ0) is 25.3. The zero-order valence-electron chi connectivity index (χ0n) is 23.7. The van der Waals surface area contributed by atoms with Crippen LogP contribution in [0.2, 0.25) is 0 Å². The number of nitrogens with zero attached hydrogens (tertiary/aromatic N) is 2. The van der Waals surface area contributed by atoms with Crippen LogP contribution in [0.15, 0.2) is 36.7 Å². The Morgan fingerprint density at radius 1 is 0.556 bits per heavy atom. The lowest BCUT2D eigenvalue weighted by Gasteiger charge is -2.28. The van der Waals surface area contributed by atoms with E-state index in [0.29, 0.717) is 0 Å². The third kappa shape index (κ3) is 11.1. The van der Waals surface area contributed by atoms with Crippen LogP contribution >= 0.6 is 0 Å². The second-order valence-electron chi connectivity index (χ2n) is 11.6. The normalized spacial score (nSPS) is 17.9. The molecule has 0 bridgehead atoms. The van der Waals surface area contributed by atoms with Gasteiger partial charge < -0.3 is 0 Å². The Labute approximate surface area is 223 Å². The summed E-state index contributed by atoms with van der Waals surface area (Å²) in [5, 5.41) is 0. The Morgan fingerprint density at radius 3 is 1.69 bits per heavy atom. The standard InChI is InChI=1S/C34H54N2/c1-3-5-7-9-10-12-14-15-29-17-19-31(20-18-29)21-22-32-27-35-34(36-28-32)33-25-23-30(24-26-33)16-13-11-8-6-4-2/h23-29,31H,3-22H2,1-2H3. The van der Waals surface area contributed by atoms with E-state index in [1.54, 1.807) is 0 Å². The summed E-state index contributed by atoms with van der Waals surface area (Å²) in [5.41, 5.74) is 3.87. The molecule has 1 heterocycles. The molecule has 0 atom stereocenters. The van der Waals surface area contributed by atoms with Gasteiger partial charge in [0.1, 0.15) is 0 Å².